The van der Waals surface area contributed by atoms with Crippen molar-refractivity contribution in [3.05, 3.63) is 46.2 Å². The summed E-state index contributed by atoms with van der Waals surface area (Å²) in [5, 5.41) is 8.00. The first-order valence-corrected chi connectivity index (χ1v) is 8.99. The Kier molecular flexibility index (Phi) is 5.80. The Morgan fingerprint density at radius 3 is 2.92 bits per heavy atom. The van der Waals surface area contributed by atoms with Crippen molar-refractivity contribution in [1.82, 2.24) is 25.9 Å². The zero-order chi connectivity index (χ0) is 18.7. The summed E-state index contributed by atoms with van der Waals surface area (Å²) in [4.78, 5) is 12.4. The first-order chi connectivity index (χ1) is 12.5. The smallest absolute Gasteiger partial charge is 0.238 e. The third-order valence-corrected chi connectivity index (χ3v) is 5.18. The number of amides is 1. The van der Waals surface area contributed by atoms with Crippen LogP contribution in [0.4, 0.5) is 0 Å². The van der Waals surface area contributed by atoms with Crippen LogP contribution < -0.4 is 20.9 Å². The van der Waals surface area contributed by atoms with E-state index >= 15 is 0 Å². The lowest BCUT2D eigenvalue weighted by molar-refractivity contribution is -0.122. The number of hydrogen-bond acceptors (Lipinski definition) is 5. The molecule has 2 atom stereocenters. The zero-order valence-electron chi connectivity index (χ0n) is 15.2. The highest BCUT2D eigenvalue weighted by Gasteiger charge is 2.30. The van der Waals surface area contributed by atoms with Crippen molar-refractivity contribution in [3.8, 4) is 5.75 Å². The minimum atomic E-state index is -0.282. The summed E-state index contributed by atoms with van der Waals surface area (Å²) in [5.74, 6) is 0.774. The van der Waals surface area contributed by atoms with Gasteiger partial charge < -0.3 is 10.1 Å². The highest BCUT2D eigenvalue weighted by molar-refractivity contribution is 6.31. The maximum absolute atomic E-state index is 12.4. The predicted octanol–water partition coefficient (Wildman–Crippen LogP) is 1.89. The summed E-state index contributed by atoms with van der Waals surface area (Å²) in [6.45, 7) is 4.88. The molecule has 1 fully saturated rings. The third-order valence-electron chi connectivity index (χ3n) is 4.63. The third kappa shape index (κ3) is 4.00. The Bertz CT molecular complexity index is 792. The molecule has 1 aromatic carbocycles. The van der Waals surface area contributed by atoms with E-state index < -0.39 is 0 Å². The zero-order valence-corrected chi connectivity index (χ0v) is 15.9. The van der Waals surface area contributed by atoms with Gasteiger partial charge in [-0.2, -0.15) is 5.10 Å². The second-order valence-electron chi connectivity index (χ2n) is 6.41. The van der Waals surface area contributed by atoms with E-state index in [4.69, 9.17) is 16.3 Å². The fourth-order valence-corrected chi connectivity index (χ4v) is 3.24. The molecule has 0 radical (unpaired) electrons. The van der Waals surface area contributed by atoms with Crippen LogP contribution in [0.2, 0.25) is 5.02 Å². The molecule has 1 amide bonds. The van der Waals surface area contributed by atoms with E-state index in [0.717, 1.165) is 22.7 Å². The van der Waals surface area contributed by atoms with Crippen molar-refractivity contribution in [2.24, 2.45) is 0 Å². The van der Waals surface area contributed by atoms with E-state index in [1.807, 2.05) is 42.8 Å². The molecule has 2 heterocycles. The molecule has 3 rings (SSSR count). The number of carbonyl (C=O) groups excluding carboxylic acids is 1. The van der Waals surface area contributed by atoms with Crippen LogP contribution in [0.5, 0.6) is 5.75 Å². The summed E-state index contributed by atoms with van der Waals surface area (Å²) < 4.78 is 7.08. The maximum atomic E-state index is 12.4. The lowest BCUT2D eigenvalue weighted by atomic mass is 10.0. The lowest BCUT2D eigenvalue weighted by Gasteiger charge is -2.12. The fraction of sp³-hybridized carbons (Fsp3) is 0.444. The number of aromatic nitrogens is 2. The molecule has 1 aliphatic heterocycles. The monoisotopic (exact) mass is 377 g/mol. The van der Waals surface area contributed by atoms with E-state index in [1.54, 1.807) is 7.11 Å². The second kappa shape index (κ2) is 8.07. The standard InChI is InChI=1S/C18H24ClN5O2/c1-11-17(19)12(2)24(23-11)8-7-20-18(25)16-10-15(21-22-16)13-5-4-6-14(9-13)26-3/h4-6,9,15-16,21-22H,7-8,10H2,1-3H3,(H,20,25). The molecule has 2 aromatic rings. The Labute approximate surface area is 158 Å². The molecule has 3 N–H and O–H groups in total. The summed E-state index contributed by atoms with van der Waals surface area (Å²) in [6.07, 6.45) is 0.671. The van der Waals surface area contributed by atoms with Crippen LogP contribution in [0.15, 0.2) is 24.3 Å². The van der Waals surface area contributed by atoms with Crippen LogP contribution in [-0.4, -0.2) is 35.4 Å². The van der Waals surface area contributed by atoms with E-state index in [0.29, 0.717) is 24.5 Å². The van der Waals surface area contributed by atoms with Gasteiger partial charge in [0.05, 0.1) is 30.1 Å². The number of nitrogens with one attached hydrogen (secondary N) is 3. The summed E-state index contributed by atoms with van der Waals surface area (Å²) >= 11 is 6.14. The van der Waals surface area contributed by atoms with Crippen molar-refractivity contribution < 1.29 is 9.53 Å². The molecule has 1 aromatic heterocycles. The van der Waals surface area contributed by atoms with Gasteiger partial charge in [-0.25, -0.2) is 10.9 Å². The van der Waals surface area contributed by atoms with E-state index in [2.05, 4.69) is 21.3 Å². The number of aryl methyl sites for hydroxylation is 1. The van der Waals surface area contributed by atoms with Gasteiger partial charge in [0.1, 0.15) is 11.8 Å². The van der Waals surface area contributed by atoms with E-state index in [1.165, 1.54) is 0 Å². The maximum Gasteiger partial charge on any atom is 0.238 e. The SMILES string of the molecule is COc1cccc(C2CC(C(=O)NCCn3nc(C)c(Cl)c3C)NN2)c1. The van der Waals surface area contributed by atoms with Gasteiger partial charge in [0.2, 0.25) is 5.91 Å². The van der Waals surface area contributed by atoms with Crippen molar-refractivity contribution in [2.75, 3.05) is 13.7 Å². The van der Waals surface area contributed by atoms with Gasteiger partial charge in [0.25, 0.3) is 0 Å². The molecule has 0 saturated carbocycles. The molecule has 7 nitrogen and oxygen atoms in total. The molecule has 2 unspecified atom stereocenters. The van der Waals surface area contributed by atoms with Gasteiger partial charge in [-0.1, -0.05) is 23.7 Å². The predicted molar refractivity (Wildman–Crippen MR) is 100 cm³/mol. The molecule has 0 aliphatic carbocycles. The first-order valence-electron chi connectivity index (χ1n) is 8.62. The van der Waals surface area contributed by atoms with Crippen LogP contribution in [0, 0.1) is 13.8 Å². The summed E-state index contributed by atoms with van der Waals surface area (Å²) in [7, 11) is 1.64. The number of carbonyl (C=O) groups is 1. The van der Waals surface area contributed by atoms with Gasteiger partial charge in [0.15, 0.2) is 0 Å². The van der Waals surface area contributed by atoms with Crippen molar-refractivity contribution in [2.45, 2.75) is 38.9 Å². The Hall–Kier alpha value is -2.09. The second-order valence-corrected chi connectivity index (χ2v) is 6.78. The van der Waals surface area contributed by atoms with Crippen LogP contribution in [-0.2, 0) is 11.3 Å². The Balaban J connectivity index is 1.50. The van der Waals surface area contributed by atoms with Gasteiger partial charge in [0, 0.05) is 12.6 Å². The molecule has 0 bridgehead atoms. The minimum Gasteiger partial charge on any atom is -0.497 e. The molecule has 0 spiro atoms. The van der Waals surface area contributed by atoms with Gasteiger partial charge >= 0.3 is 0 Å². The van der Waals surface area contributed by atoms with Crippen LogP contribution in [0.3, 0.4) is 0 Å². The number of hydrogen-bond donors (Lipinski definition) is 3. The van der Waals surface area contributed by atoms with Crippen molar-refractivity contribution in [1.29, 1.82) is 0 Å². The molecular weight excluding hydrogens is 354 g/mol. The number of ether oxygens (including phenoxy) is 1. The van der Waals surface area contributed by atoms with Crippen LogP contribution in [0.25, 0.3) is 0 Å². The molecule has 1 aliphatic rings. The topological polar surface area (TPSA) is 80.2 Å². The Morgan fingerprint density at radius 1 is 1.42 bits per heavy atom. The Morgan fingerprint density at radius 2 is 2.23 bits per heavy atom. The molecule has 1 saturated heterocycles. The highest BCUT2D eigenvalue weighted by Crippen LogP contribution is 2.25. The average molecular weight is 378 g/mol. The van der Waals surface area contributed by atoms with Crippen molar-refractivity contribution in [3.63, 3.8) is 0 Å². The largest absolute Gasteiger partial charge is 0.497 e. The highest BCUT2D eigenvalue weighted by atomic mass is 35.5. The van der Waals surface area contributed by atoms with Gasteiger partial charge in [-0.3, -0.25) is 9.48 Å². The molecular formula is C18H24ClN5O2. The number of benzene rings is 1. The number of methoxy groups -OCH3 is 1. The fourth-order valence-electron chi connectivity index (χ4n) is 3.11. The van der Waals surface area contributed by atoms with E-state index in [9.17, 15) is 4.79 Å². The lowest BCUT2D eigenvalue weighted by Crippen LogP contribution is -2.44. The quantitative estimate of drug-likeness (QED) is 0.716. The summed E-state index contributed by atoms with van der Waals surface area (Å²) in [5.41, 5.74) is 9.06. The van der Waals surface area contributed by atoms with Gasteiger partial charge in [-0.05, 0) is 38.0 Å². The van der Waals surface area contributed by atoms with Crippen LogP contribution in [0.1, 0.15) is 29.4 Å². The number of rotatable bonds is 6. The number of halogens is 1. The van der Waals surface area contributed by atoms with Crippen molar-refractivity contribution >= 4 is 17.5 Å². The summed E-state index contributed by atoms with van der Waals surface area (Å²) in [6, 6.07) is 7.64. The van der Waals surface area contributed by atoms with E-state index in [-0.39, 0.29) is 18.0 Å². The minimum absolute atomic E-state index is 0.0319. The van der Waals surface area contributed by atoms with Crippen LogP contribution >= 0.6 is 11.6 Å². The number of nitrogens with zero attached hydrogens (tertiary/aromatic N) is 2. The first kappa shape index (κ1) is 18.7. The number of hydrazine groups is 1. The normalized spacial score (nSPS) is 19.5. The van der Waals surface area contributed by atoms with Gasteiger partial charge in [-0.15, -0.1) is 0 Å². The average Bonchev–Trinajstić information content (AvgIpc) is 3.24. The molecule has 8 heteroatoms. The molecule has 26 heavy (non-hydrogen) atoms. The molecule has 140 valence electrons.